The Morgan fingerprint density at radius 3 is 2.62 bits per heavy atom. The van der Waals surface area contributed by atoms with Crippen LogP contribution in [0.15, 0.2) is 12.1 Å². The van der Waals surface area contributed by atoms with Crippen molar-refractivity contribution in [2.45, 2.75) is 6.61 Å². The van der Waals surface area contributed by atoms with E-state index in [4.69, 9.17) is 15.9 Å². The summed E-state index contributed by atoms with van der Waals surface area (Å²) >= 11 is 0. The number of aliphatic hydroxyl groups excluding tert-OH is 1. The van der Waals surface area contributed by atoms with E-state index in [1.807, 2.05) is 0 Å². The van der Waals surface area contributed by atoms with Crippen molar-refractivity contribution in [3.63, 3.8) is 0 Å². The second-order valence-corrected chi connectivity index (χ2v) is 2.45. The highest BCUT2D eigenvalue weighted by Crippen LogP contribution is 2.29. The number of anilines is 1. The molecule has 0 saturated carbocycles. The molecule has 1 aromatic rings. The Kier molecular flexibility index (Phi) is 2.34. The molecule has 1 rings (SSSR count). The number of nitrogen functional groups attached to an aromatic ring is 1. The monoisotopic (exact) mass is 184 g/mol. The molecule has 13 heavy (non-hydrogen) atoms. The molecule has 6 heteroatoms. The number of nitrogens with two attached hydrogens (primary N) is 1. The van der Waals surface area contributed by atoms with Gasteiger partial charge in [-0.1, -0.05) is 0 Å². The smallest absolute Gasteiger partial charge is 0.292 e. The van der Waals surface area contributed by atoms with Crippen molar-refractivity contribution in [3.05, 3.63) is 27.8 Å². The molecule has 0 amide bonds. The van der Waals surface area contributed by atoms with Crippen LogP contribution in [0, 0.1) is 10.1 Å². The molecule has 0 saturated heterocycles. The molecule has 0 heterocycles. The number of aliphatic hydroxyl groups is 1. The molecule has 0 fully saturated rings. The van der Waals surface area contributed by atoms with E-state index in [0.29, 0.717) is 0 Å². The summed E-state index contributed by atoms with van der Waals surface area (Å²) in [7, 11) is 0. The van der Waals surface area contributed by atoms with Gasteiger partial charge in [0.2, 0.25) is 0 Å². The van der Waals surface area contributed by atoms with Crippen LogP contribution in [0.2, 0.25) is 0 Å². The third-order valence-electron chi connectivity index (χ3n) is 1.59. The summed E-state index contributed by atoms with van der Waals surface area (Å²) in [5.41, 5.74) is 4.90. The van der Waals surface area contributed by atoms with Crippen molar-refractivity contribution in [1.29, 1.82) is 0 Å². The number of nitro groups is 1. The Morgan fingerprint density at radius 2 is 2.15 bits per heavy atom. The molecule has 0 aliphatic rings. The summed E-state index contributed by atoms with van der Waals surface area (Å²) in [4.78, 5) is 9.69. The SMILES string of the molecule is Nc1cc(O)c(CO)cc1[N+](=O)[O-]. The topological polar surface area (TPSA) is 110 Å². The summed E-state index contributed by atoms with van der Waals surface area (Å²) in [6.07, 6.45) is 0. The van der Waals surface area contributed by atoms with Gasteiger partial charge in [0, 0.05) is 17.7 Å². The van der Waals surface area contributed by atoms with E-state index in [0.717, 1.165) is 12.1 Å². The van der Waals surface area contributed by atoms with Crippen LogP contribution in [0.1, 0.15) is 5.56 Å². The Labute approximate surface area is 73.4 Å². The highest BCUT2D eigenvalue weighted by molar-refractivity contribution is 5.63. The summed E-state index contributed by atoms with van der Waals surface area (Å²) in [5, 5.41) is 28.2. The highest BCUT2D eigenvalue weighted by atomic mass is 16.6. The minimum Gasteiger partial charge on any atom is -0.507 e. The van der Waals surface area contributed by atoms with Gasteiger partial charge >= 0.3 is 0 Å². The van der Waals surface area contributed by atoms with Crippen molar-refractivity contribution in [1.82, 2.24) is 0 Å². The Bertz CT molecular complexity index is 351. The van der Waals surface area contributed by atoms with Gasteiger partial charge in [-0.05, 0) is 0 Å². The molecule has 0 aromatic heterocycles. The Hall–Kier alpha value is -1.82. The number of aromatic hydroxyl groups is 1. The van der Waals surface area contributed by atoms with Gasteiger partial charge in [-0.2, -0.15) is 0 Å². The molecule has 1 aromatic carbocycles. The number of benzene rings is 1. The van der Waals surface area contributed by atoms with Gasteiger partial charge in [-0.3, -0.25) is 10.1 Å². The molecule has 0 spiro atoms. The van der Waals surface area contributed by atoms with Crippen LogP contribution in [0.25, 0.3) is 0 Å². The number of phenols is 1. The second-order valence-electron chi connectivity index (χ2n) is 2.45. The lowest BCUT2D eigenvalue weighted by molar-refractivity contribution is -0.384. The van der Waals surface area contributed by atoms with Crippen LogP contribution in [0.5, 0.6) is 5.75 Å². The van der Waals surface area contributed by atoms with Crippen molar-refractivity contribution >= 4 is 11.4 Å². The molecule has 6 nitrogen and oxygen atoms in total. The number of hydrogen-bond acceptors (Lipinski definition) is 5. The molecule has 0 unspecified atom stereocenters. The van der Waals surface area contributed by atoms with Crippen molar-refractivity contribution in [2.24, 2.45) is 0 Å². The Balaban J connectivity index is 3.30. The van der Waals surface area contributed by atoms with Crippen LogP contribution in [0.4, 0.5) is 11.4 Å². The first kappa shape index (κ1) is 9.27. The summed E-state index contributed by atoms with van der Waals surface area (Å²) in [5.74, 6) is -0.245. The van der Waals surface area contributed by atoms with Gasteiger partial charge in [0.15, 0.2) is 0 Å². The zero-order chi connectivity index (χ0) is 10.0. The van der Waals surface area contributed by atoms with E-state index in [1.54, 1.807) is 0 Å². The van der Waals surface area contributed by atoms with E-state index in [-0.39, 0.29) is 22.7 Å². The molecule has 0 atom stereocenters. The predicted octanol–water partition coefficient (Wildman–Crippen LogP) is 0.375. The zero-order valence-corrected chi connectivity index (χ0v) is 6.60. The zero-order valence-electron chi connectivity index (χ0n) is 6.60. The normalized spacial score (nSPS) is 9.92. The maximum absolute atomic E-state index is 10.4. The van der Waals surface area contributed by atoms with E-state index in [1.165, 1.54) is 0 Å². The predicted molar refractivity (Wildman–Crippen MR) is 45.1 cm³/mol. The standard InChI is InChI=1S/C7H8N2O4/c8-5-2-7(11)4(3-10)1-6(5)9(12)13/h1-2,10-11H,3,8H2. The van der Waals surface area contributed by atoms with Crippen molar-refractivity contribution in [3.8, 4) is 5.75 Å². The lowest BCUT2D eigenvalue weighted by Crippen LogP contribution is -1.97. The largest absolute Gasteiger partial charge is 0.507 e. The van der Waals surface area contributed by atoms with Crippen LogP contribution in [0.3, 0.4) is 0 Å². The van der Waals surface area contributed by atoms with Gasteiger partial charge < -0.3 is 15.9 Å². The molecule has 0 aliphatic heterocycles. The number of nitro benzene ring substituents is 1. The average Bonchev–Trinajstić information content (AvgIpc) is 2.03. The number of hydrogen-bond donors (Lipinski definition) is 3. The summed E-state index contributed by atoms with van der Waals surface area (Å²) < 4.78 is 0. The molecular formula is C7H8N2O4. The Morgan fingerprint density at radius 1 is 1.54 bits per heavy atom. The van der Waals surface area contributed by atoms with Crippen LogP contribution >= 0.6 is 0 Å². The fraction of sp³-hybridized carbons (Fsp3) is 0.143. The number of nitrogens with zero attached hydrogens (tertiary/aromatic N) is 1. The van der Waals surface area contributed by atoms with E-state index < -0.39 is 11.5 Å². The maximum atomic E-state index is 10.4. The lowest BCUT2D eigenvalue weighted by Gasteiger charge is -2.02. The first-order valence-corrected chi connectivity index (χ1v) is 3.43. The first-order chi connectivity index (χ1) is 6.06. The first-order valence-electron chi connectivity index (χ1n) is 3.43. The summed E-state index contributed by atoms with van der Waals surface area (Å²) in [6.45, 7) is -0.465. The van der Waals surface area contributed by atoms with Gasteiger partial charge in [0.05, 0.1) is 11.5 Å². The second kappa shape index (κ2) is 3.28. The van der Waals surface area contributed by atoms with E-state index in [9.17, 15) is 10.1 Å². The van der Waals surface area contributed by atoms with Crippen LogP contribution in [-0.2, 0) is 6.61 Å². The third-order valence-corrected chi connectivity index (χ3v) is 1.59. The van der Waals surface area contributed by atoms with Crippen LogP contribution in [-0.4, -0.2) is 15.1 Å². The third kappa shape index (κ3) is 1.67. The lowest BCUT2D eigenvalue weighted by atomic mass is 10.1. The quantitative estimate of drug-likeness (QED) is 0.349. The van der Waals surface area contributed by atoms with Gasteiger partial charge in [0.1, 0.15) is 11.4 Å². The highest BCUT2D eigenvalue weighted by Gasteiger charge is 2.14. The van der Waals surface area contributed by atoms with Gasteiger partial charge in [-0.15, -0.1) is 0 Å². The molecular weight excluding hydrogens is 176 g/mol. The molecule has 0 bridgehead atoms. The summed E-state index contributed by atoms with van der Waals surface area (Å²) in [6, 6.07) is 2.09. The van der Waals surface area contributed by atoms with Gasteiger partial charge in [0.25, 0.3) is 5.69 Å². The number of rotatable bonds is 2. The van der Waals surface area contributed by atoms with Crippen molar-refractivity contribution < 1.29 is 15.1 Å². The molecule has 0 radical (unpaired) electrons. The van der Waals surface area contributed by atoms with Crippen LogP contribution < -0.4 is 5.73 Å². The maximum Gasteiger partial charge on any atom is 0.292 e. The minimum absolute atomic E-state index is 0.0842. The minimum atomic E-state index is -0.673. The molecule has 0 aliphatic carbocycles. The fourth-order valence-corrected chi connectivity index (χ4v) is 0.921. The average molecular weight is 184 g/mol. The van der Waals surface area contributed by atoms with E-state index in [2.05, 4.69) is 0 Å². The fourth-order valence-electron chi connectivity index (χ4n) is 0.921. The van der Waals surface area contributed by atoms with E-state index >= 15 is 0 Å². The molecule has 4 N–H and O–H groups in total. The molecule has 70 valence electrons. The van der Waals surface area contributed by atoms with Crippen molar-refractivity contribution in [2.75, 3.05) is 5.73 Å². The van der Waals surface area contributed by atoms with Gasteiger partial charge in [-0.25, -0.2) is 0 Å².